The van der Waals surface area contributed by atoms with Crippen molar-refractivity contribution in [2.75, 3.05) is 7.05 Å². The van der Waals surface area contributed by atoms with Gasteiger partial charge < -0.3 is 5.32 Å². The van der Waals surface area contributed by atoms with Crippen LogP contribution in [0.2, 0.25) is 0 Å². The highest BCUT2D eigenvalue weighted by molar-refractivity contribution is 9.10. The lowest BCUT2D eigenvalue weighted by Gasteiger charge is -2.24. The Bertz CT molecular complexity index is 630. The van der Waals surface area contributed by atoms with E-state index in [9.17, 15) is 4.39 Å². The molecule has 2 atom stereocenters. The molecule has 4 heteroatoms. The van der Waals surface area contributed by atoms with E-state index < -0.39 is 0 Å². The van der Waals surface area contributed by atoms with Crippen LogP contribution in [0, 0.1) is 5.82 Å². The van der Waals surface area contributed by atoms with Crippen molar-refractivity contribution in [3.05, 3.63) is 63.6 Å². The van der Waals surface area contributed by atoms with E-state index in [1.165, 1.54) is 17.3 Å². The van der Waals surface area contributed by atoms with Gasteiger partial charge in [-0.1, -0.05) is 12.1 Å². The molecule has 0 bridgehead atoms. The summed E-state index contributed by atoms with van der Waals surface area (Å²) in [6.45, 7) is 0. The van der Waals surface area contributed by atoms with E-state index in [-0.39, 0.29) is 11.9 Å². The van der Waals surface area contributed by atoms with Gasteiger partial charge in [-0.15, -0.1) is 0 Å². The Hall–Kier alpha value is -1.26. The van der Waals surface area contributed by atoms with Crippen LogP contribution in [0.4, 0.5) is 4.39 Å². The van der Waals surface area contributed by atoms with Crippen molar-refractivity contribution in [1.29, 1.82) is 0 Å². The van der Waals surface area contributed by atoms with Crippen LogP contribution in [0.5, 0.6) is 0 Å². The average Bonchev–Trinajstić information content (AvgIpc) is 2.88. The van der Waals surface area contributed by atoms with Crippen molar-refractivity contribution in [3.8, 4) is 0 Å². The number of hydrogen-bond acceptors (Lipinski definition) is 2. The van der Waals surface area contributed by atoms with E-state index in [0.717, 1.165) is 18.4 Å². The third-order valence-electron chi connectivity index (χ3n) is 4.02. The number of likely N-dealkylation sites (N-methyl/N-ethyl adjacent to an activating group) is 1. The van der Waals surface area contributed by atoms with Crippen LogP contribution >= 0.6 is 15.9 Å². The van der Waals surface area contributed by atoms with Crippen molar-refractivity contribution in [2.24, 2.45) is 0 Å². The second-order valence-corrected chi connectivity index (χ2v) is 5.99. The molecule has 1 aromatic carbocycles. The third kappa shape index (κ3) is 2.38. The minimum Gasteiger partial charge on any atom is -0.312 e. The fourth-order valence-corrected chi connectivity index (χ4v) is 3.47. The second-order valence-electron chi connectivity index (χ2n) is 5.13. The quantitative estimate of drug-likeness (QED) is 0.918. The third-order valence-corrected chi connectivity index (χ3v) is 4.63. The highest BCUT2D eigenvalue weighted by Crippen LogP contribution is 2.40. The van der Waals surface area contributed by atoms with Crippen molar-refractivity contribution < 1.29 is 4.39 Å². The van der Waals surface area contributed by atoms with Crippen molar-refractivity contribution >= 4 is 15.9 Å². The van der Waals surface area contributed by atoms with E-state index in [1.54, 1.807) is 0 Å². The van der Waals surface area contributed by atoms with Gasteiger partial charge in [-0.2, -0.15) is 0 Å². The summed E-state index contributed by atoms with van der Waals surface area (Å²) in [5.41, 5.74) is 3.59. The SMILES string of the molecule is CNC(c1ccc(F)c(Br)c1)C1CCc2cccnc21. The van der Waals surface area contributed by atoms with E-state index in [4.69, 9.17) is 0 Å². The molecule has 1 aromatic heterocycles. The molecule has 0 amide bonds. The first-order chi connectivity index (χ1) is 9.70. The first-order valence-corrected chi connectivity index (χ1v) is 7.56. The average molecular weight is 335 g/mol. The van der Waals surface area contributed by atoms with Gasteiger partial charge in [0.2, 0.25) is 0 Å². The lowest BCUT2D eigenvalue weighted by molar-refractivity contribution is 0.469. The normalized spacial score (nSPS) is 18.9. The molecule has 1 aliphatic rings. The predicted octanol–water partition coefficient (Wildman–Crippen LogP) is 3.97. The molecule has 2 unspecified atom stereocenters. The van der Waals surface area contributed by atoms with Crippen LogP contribution in [0.25, 0.3) is 0 Å². The molecule has 0 spiro atoms. The summed E-state index contributed by atoms with van der Waals surface area (Å²) in [7, 11) is 1.95. The topological polar surface area (TPSA) is 24.9 Å². The van der Waals surface area contributed by atoms with Gasteiger partial charge >= 0.3 is 0 Å². The minimum absolute atomic E-state index is 0.156. The maximum absolute atomic E-state index is 13.4. The number of nitrogens with zero attached hydrogens (tertiary/aromatic N) is 1. The number of benzene rings is 1. The fraction of sp³-hybridized carbons (Fsp3) is 0.312. The lowest BCUT2D eigenvalue weighted by atomic mass is 9.91. The first kappa shape index (κ1) is 13.7. The van der Waals surface area contributed by atoms with Crippen LogP contribution in [-0.4, -0.2) is 12.0 Å². The van der Waals surface area contributed by atoms with Crippen molar-refractivity contribution in [3.63, 3.8) is 0 Å². The predicted molar refractivity (Wildman–Crippen MR) is 81.2 cm³/mol. The lowest BCUT2D eigenvalue weighted by Crippen LogP contribution is -2.23. The molecule has 2 nitrogen and oxygen atoms in total. The smallest absolute Gasteiger partial charge is 0.137 e. The van der Waals surface area contributed by atoms with Gasteiger partial charge in [0, 0.05) is 23.9 Å². The monoisotopic (exact) mass is 334 g/mol. The Morgan fingerprint density at radius 3 is 3.00 bits per heavy atom. The molecule has 3 rings (SSSR count). The molecule has 0 radical (unpaired) electrons. The van der Waals surface area contributed by atoms with Gasteiger partial charge in [-0.05, 0) is 65.1 Å². The molecule has 1 heterocycles. The van der Waals surface area contributed by atoms with E-state index in [0.29, 0.717) is 10.4 Å². The molecule has 0 fully saturated rings. The number of aromatic nitrogens is 1. The molecule has 0 saturated heterocycles. The van der Waals surface area contributed by atoms with Crippen LogP contribution in [-0.2, 0) is 6.42 Å². The molecule has 0 aliphatic heterocycles. The highest BCUT2D eigenvalue weighted by Gasteiger charge is 2.31. The highest BCUT2D eigenvalue weighted by atomic mass is 79.9. The summed E-state index contributed by atoms with van der Waals surface area (Å²) >= 11 is 3.27. The summed E-state index contributed by atoms with van der Waals surface area (Å²) in [4.78, 5) is 4.55. The van der Waals surface area contributed by atoms with Crippen LogP contribution in [0.15, 0.2) is 41.0 Å². The van der Waals surface area contributed by atoms with Crippen LogP contribution < -0.4 is 5.32 Å². The molecular formula is C16H16BrFN2. The maximum atomic E-state index is 13.4. The number of fused-ring (bicyclic) bond motifs is 1. The van der Waals surface area contributed by atoms with Gasteiger partial charge in [0.15, 0.2) is 0 Å². The molecular weight excluding hydrogens is 319 g/mol. The Balaban J connectivity index is 1.97. The second kappa shape index (κ2) is 5.62. The number of rotatable bonds is 3. The molecule has 20 heavy (non-hydrogen) atoms. The Morgan fingerprint density at radius 2 is 2.25 bits per heavy atom. The molecule has 104 valence electrons. The zero-order valence-electron chi connectivity index (χ0n) is 11.2. The number of halogens is 2. The first-order valence-electron chi connectivity index (χ1n) is 6.76. The largest absolute Gasteiger partial charge is 0.312 e. The van der Waals surface area contributed by atoms with Crippen LogP contribution in [0.3, 0.4) is 0 Å². The number of hydrogen-bond donors (Lipinski definition) is 1. The fourth-order valence-electron chi connectivity index (χ4n) is 3.07. The minimum atomic E-state index is -0.228. The van der Waals surface area contributed by atoms with Gasteiger partial charge in [0.1, 0.15) is 5.82 Å². The zero-order valence-corrected chi connectivity index (χ0v) is 12.8. The van der Waals surface area contributed by atoms with E-state index >= 15 is 0 Å². The summed E-state index contributed by atoms with van der Waals surface area (Å²) in [5.74, 6) is 0.113. The van der Waals surface area contributed by atoms with Crippen molar-refractivity contribution in [2.45, 2.75) is 24.8 Å². The van der Waals surface area contributed by atoms with Gasteiger partial charge in [-0.25, -0.2) is 4.39 Å². The van der Waals surface area contributed by atoms with E-state index in [1.807, 2.05) is 31.4 Å². The van der Waals surface area contributed by atoms with E-state index in [2.05, 4.69) is 32.3 Å². The molecule has 0 saturated carbocycles. The Labute approximate surface area is 126 Å². The molecule has 1 N–H and O–H groups in total. The number of nitrogens with one attached hydrogen (secondary N) is 1. The van der Waals surface area contributed by atoms with Crippen LogP contribution in [0.1, 0.15) is 35.2 Å². The summed E-state index contributed by atoms with van der Waals surface area (Å²) in [6.07, 6.45) is 3.99. The van der Waals surface area contributed by atoms with Gasteiger partial charge in [0.05, 0.1) is 4.47 Å². The number of aryl methyl sites for hydroxylation is 1. The molecule has 2 aromatic rings. The van der Waals surface area contributed by atoms with Gasteiger partial charge in [0.25, 0.3) is 0 Å². The summed E-state index contributed by atoms with van der Waals surface area (Å²) in [6, 6.07) is 9.51. The summed E-state index contributed by atoms with van der Waals surface area (Å²) in [5, 5.41) is 3.36. The maximum Gasteiger partial charge on any atom is 0.137 e. The van der Waals surface area contributed by atoms with Gasteiger partial charge in [-0.3, -0.25) is 4.98 Å². The Morgan fingerprint density at radius 1 is 1.40 bits per heavy atom. The standard InChI is InChI=1S/C16H16BrFN2/c1-19-15(11-5-7-14(18)13(17)9-11)12-6-4-10-3-2-8-20-16(10)12/h2-3,5,7-9,12,15,19H,4,6H2,1H3. The zero-order chi connectivity index (χ0) is 14.1. The number of pyridine rings is 1. The van der Waals surface area contributed by atoms with Crippen molar-refractivity contribution in [1.82, 2.24) is 10.3 Å². The summed E-state index contributed by atoms with van der Waals surface area (Å²) < 4.78 is 13.9. The molecule has 1 aliphatic carbocycles. The Kier molecular flexibility index (Phi) is 3.85.